The highest BCUT2D eigenvalue weighted by Gasteiger charge is 2.26. The number of fused-ring (bicyclic) bond motifs is 1. The minimum atomic E-state index is -0.397. The number of halogens is 1. The molecule has 2 N–H and O–H groups in total. The summed E-state index contributed by atoms with van der Waals surface area (Å²) in [6.07, 6.45) is 1.64. The molecule has 4 rings (SSSR count). The molecule has 0 aliphatic carbocycles. The van der Waals surface area contributed by atoms with E-state index in [4.69, 9.17) is 11.6 Å². The van der Waals surface area contributed by atoms with Gasteiger partial charge in [0.2, 0.25) is 5.95 Å². The standard InChI is InChI=1S/C21H20ClN5OS/c1-13-11-18(28)27-19(15-5-9-17(29-2)10-6-15)25-20(26-21(27)24-13)23-12-14-3-7-16(22)8-4-14/h3-11,19H,12H2,1-2H3,(H2,23,24,25,26)/t19-/m0/s1. The highest BCUT2D eigenvalue weighted by Crippen LogP contribution is 2.24. The van der Waals surface area contributed by atoms with Gasteiger partial charge in [-0.05, 0) is 48.6 Å². The Morgan fingerprint density at radius 2 is 1.90 bits per heavy atom. The molecule has 6 nitrogen and oxygen atoms in total. The molecule has 2 aromatic carbocycles. The van der Waals surface area contributed by atoms with Crippen molar-refractivity contribution in [3.8, 4) is 0 Å². The Hall–Kier alpha value is -2.77. The number of hydrogen-bond acceptors (Lipinski definition) is 4. The molecule has 1 aliphatic rings. The van der Waals surface area contributed by atoms with Gasteiger partial charge in [0.05, 0.1) is 6.54 Å². The van der Waals surface area contributed by atoms with Crippen molar-refractivity contribution in [1.29, 1.82) is 0 Å². The molecule has 8 heteroatoms. The van der Waals surface area contributed by atoms with E-state index in [0.717, 1.165) is 16.0 Å². The fourth-order valence-electron chi connectivity index (χ4n) is 3.14. The van der Waals surface area contributed by atoms with Crippen LogP contribution in [0.2, 0.25) is 5.02 Å². The number of anilines is 1. The van der Waals surface area contributed by atoms with E-state index in [-0.39, 0.29) is 5.56 Å². The third kappa shape index (κ3) is 4.31. The second kappa shape index (κ2) is 8.31. The van der Waals surface area contributed by atoms with Gasteiger partial charge in [-0.15, -0.1) is 11.8 Å². The van der Waals surface area contributed by atoms with Crippen molar-refractivity contribution in [3.63, 3.8) is 0 Å². The monoisotopic (exact) mass is 425 g/mol. The zero-order chi connectivity index (χ0) is 20.4. The first-order chi connectivity index (χ1) is 14.0. The van der Waals surface area contributed by atoms with Gasteiger partial charge in [-0.25, -0.2) is 9.98 Å². The number of benzene rings is 2. The summed E-state index contributed by atoms with van der Waals surface area (Å²) in [4.78, 5) is 23.0. The third-order valence-electron chi connectivity index (χ3n) is 4.61. The van der Waals surface area contributed by atoms with Gasteiger partial charge in [0.25, 0.3) is 5.56 Å². The Bertz CT molecular complexity index is 1110. The van der Waals surface area contributed by atoms with Gasteiger partial charge in [-0.1, -0.05) is 35.9 Å². The average Bonchev–Trinajstić information content (AvgIpc) is 2.72. The molecule has 1 atom stereocenters. The number of nitrogens with one attached hydrogen (secondary N) is 2. The summed E-state index contributed by atoms with van der Waals surface area (Å²) in [5.74, 6) is 1.04. The van der Waals surface area contributed by atoms with Gasteiger partial charge in [0.15, 0.2) is 5.96 Å². The van der Waals surface area contributed by atoms with Crippen LogP contribution in [-0.4, -0.2) is 21.8 Å². The fourth-order valence-corrected chi connectivity index (χ4v) is 3.68. The molecule has 0 amide bonds. The quantitative estimate of drug-likeness (QED) is 0.617. The number of aliphatic imine (C=N–C) groups is 1. The minimum absolute atomic E-state index is 0.122. The summed E-state index contributed by atoms with van der Waals surface area (Å²) >= 11 is 7.63. The lowest BCUT2D eigenvalue weighted by molar-refractivity contribution is 0.514. The van der Waals surface area contributed by atoms with Crippen molar-refractivity contribution in [2.75, 3.05) is 11.6 Å². The molecule has 0 fully saturated rings. The van der Waals surface area contributed by atoms with Gasteiger partial charge in [0, 0.05) is 21.7 Å². The Kier molecular flexibility index (Phi) is 5.60. The minimum Gasteiger partial charge on any atom is -0.331 e. The van der Waals surface area contributed by atoms with Crippen molar-refractivity contribution in [2.45, 2.75) is 24.5 Å². The second-order valence-corrected chi connectivity index (χ2v) is 7.98. The normalized spacial score (nSPS) is 16.8. The van der Waals surface area contributed by atoms with Gasteiger partial charge in [0.1, 0.15) is 6.17 Å². The fraction of sp³-hybridized carbons (Fsp3) is 0.190. The number of aryl methyl sites for hydroxylation is 1. The number of aromatic nitrogens is 2. The van der Waals surface area contributed by atoms with Crippen molar-refractivity contribution in [3.05, 3.63) is 86.8 Å². The van der Waals surface area contributed by atoms with Gasteiger partial charge in [-0.2, -0.15) is 0 Å². The Labute approximate surface area is 178 Å². The van der Waals surface area contributed by atoms with Crippen molar-refractivity contribution < 1.29 is 0 Å². The number of thioether (sulfide) groups is 1. The van der Waals surface area contributed by atoms with Crippen molar-refractivity contribution in [1.82, 2.24) is 14.9 Å². The zero-order valence-electron chi connectivity index (χ0n) is 16.0. The van der Waals surface area contributed by atoms with E-state index in [1.807, 2.05) is 54.8 Å². The molecular formula is C21H20ClN5OS. The van der Waals surface area contributed by atoms with Crippen LogP contribution in [0, 0.1) is 6.92 Å². The Morgan fingerprint density at radius 1 is 1.17 bits per heavy atom. The SMILES string of the molecule is CSc1ccc([C@H]2NC(=NCc3ccc(Cl)cc3)Nc3nc(C)cc(=O)n32)cc1. The lowest BCUT2D eigenvalue weighted by Gasteiger charge is -2.31. The summed E-state index contributed by atoms with van der Waals surface area (Å²) in [6, 6.07) is 17.2. The molecule has 3 aromatic rings. The van der Waals surface area contributed by atoms with E-state index < -0.39 is 6.17 Å². The first-order valence-electron chi connectivity index (χ1n) is 9.10. The number of hydrogen-bond donors (Lipinski definition) is 2. The number of guanidine groups is 1. The summed E-state index contributed by atoms with van der Waals surface area (Å²) in [7, 11) is 0. The molecule has 0 saturated carbocycles. The Balaban J connectivity index is 1.70. The van der Waals surface area contributed by atoms with Gasteiger partial charge < -0.3 is 5.32 Å². The van der Waals surface area contributed by atoms with Gasteiger partial charge >= 0.3 is 0 Å². The summed E-state index contributed by atoms with van der Waals surface area (Å²) < 4.78 is 1.61. The maximum Gasteiger partial charge on any atom is 0.257 e. The highest BCUT2D eigenvalue weighted by molar-refractivity contribution is 7.98. The molecule has 1 aliphatic heterocycles. The maximum absolute atomic E-state index is 12.7. The molecule has 148 valence electrons. The number of rotatable bonds is 4. The molecular weight excluding hydrogens is 406 g/mol. The highest BCUT2D eigenvalue weighted by atomic mass is 35.5. The smallest absolute Gasteiger partial charge is 0.257 e. The Morgan fingerprint density at radius 3 is 2.59 bits per heavy atom. The van der Waals surface area contributed by atoms with E-state index >= 15 is 0 Å². The van der Waals surface area contributed by atoms with E-state index in [2.05, 4.69) is 20.6 Å². The van der Waals surface area contributed by atoms with Crippen LogP contribution < -0.4 is 16.2 Å². The molecule has 2 heterocycles. The first-order valence-corrected chi connectivity index (χ1v) is 10.7. The van der Waals surface area contributed by atoms with E-state index in [0.29, 0.717) is 29.2 Å². The molecule has 0 unspecified atom stereocenters. The van der Waals surface area contributed by atoms with Crippen molar-refractivity contribution in [2.24, 2.45) is 4.99 Å². The number of nitrogens with zero attached hydrogens (tertiary/aromatic N) is 3. The predicted molar refractivity (Wildman–Crippen MR) is 119 cm³/mol. The average molecular weight is 426 g/mol. The van der Waals surface area contributed by atoms with Crippen LogP contribution in [0.5, 0.6) is 0 Å². The molecule has 1 aromatic heterocycles. The topological polar surface area (TPSA) is 71.3 Å². The molecule has 29 heavy (non-hydrogen) atoms. The van der Waals surface area contributed by atoms with Crippen LogP contribution in [0.1, 0.15) is 23.0 Å². The molecule has 0 spiro atoms. The molecule has 0 radical (unpaired) electrons. The van der Waals surface area contributed by atoms with E-state index in [1.165, 1.54) is 6.07 Å². The van der Waals surface area contributed by atoms with Gasteiger partial charge in [-0.3, -0.25) is 14.7 Å². The lowest BCUT2D eigenvalue weighted by Crippen LogP contribution is -2.48. The molecule has 0 bridgehead atoms. The first kappa shape index (κ1) is 19.5. The van der Waals surface area contributed by atoms with E-state index in [9.17, 15) is 4.79 Å². The summed E-state index contributed by atoms with van der Waals surface area (Å²) in [5.41, 5.74) is 2.52. The van der Waals surface area contributed by atoms with Crippen LogP contribution in [0.3, 0.4) is 0 Å². The maximum atomic E-state index is 12.7. The van der Waals surface area contributed by atoms with Crippen LogP contribution in [0.15, 0.2) is 69.3 Å². The van der Waals surface area contributed by atoms with Crippen molar-refractivity contribution >= 4 is 35.3 Å². The third-order valence-corrected chi connectivity index (χ3v) is 5.60. The largest absolute Gasteiger partial charge is 0.331 e. The second-order valence-electron chi connectivity index (χ2n) is 6.67. The van der Waals surface area contributed by atoms with Crippen LogP contribution in [0.25, 0.3) is 0 Å². The molecule has 0 saturated heterocycles. The summed E-state index contributed by atoms with van der Waals surface area (Å²) in [5, 5.41) is 7.17. The lowest BCUT2D eigenvalue weighted by atomic mass is 10.1. The van der Waals surface area contributed by atoms with Crippen LogP contribution in [0.4, 0.5) is 5.95 Å². The van der Waals surface area contributed by atoms with Crippen LogP contribution in [-0.2, 0) is 6.54 Å². The van der Waals surface area contributed by atoms with Crippen LogP contribution >= 0.6 is 23.4 Å². The predicted octanol–water partition coefficient (Wildman–Crippen LogP) is 4.05. The van der Waals surface area contributed by atoms with E-state index in [1.54, 1.807) is 23.3 Å². The summed E-state index contributed by atoms with van der Waals surface area (Å²) in [6.45, 7) is 2.28. The zero-order valence-corrected chi connectivity index (χ0v) is 17.6.